The van der Waals surface area contributed by atoms with Gasteiger partial charge in [0.1, 0.15) is 5.58 Å². The van der Waals surface area contributed by atoms with Crippen LogP contribution in [0, 0.1) is 6.92 Å². The summed E-state index contributed by atoms with van der Waals surface area (Å²) in [5.41, 5.74) is 1.66. The summed E-state index contributed by atoms with van der Waals surface area (Å²) in [6, 6.07) is 9.48. The summed E-state index contributed by atoms with van der Waals surface area (Å²) < 4.78 is 5.83. The molecule has 0 spiro atoms. The number of carbonyl (C=O) groups is 1. The molecule has 0 aliphatic carbocycles. The van der Waals surface area contributed by atoms with Crippen molar-refractivity contribution in [2.45, 2.75) is 13.0 Å². The van der Waals surface area contributed by atoms with Crippen LogP contribution in [-0.2, 0) is 0 Å². The average molecular weight is 404 g/mol. The van der Waals surface area contributed by atoms with Crippen LogP contribution in [0.15, 0.2) is 45.6 Å². The van der Waals surface area contributed by atoms with E-state index in [4.69, 9.17) is 27.6 Å². The molecular weight excluding hydrogens is 389 g/mol. The molecule has 2 heterocycles. The Morgan fingerprint density at radius 1 is 1.19 bits per heavy atom. The third kappa shape index (κ3) is 2.83. The third-order valence-electron chi connectivity index (χ3n) is 4.75. The van der Waals surface area contributed by atoms with Crippen LogP contribution in [0.2, 0.25) is 10.0 Å². The van der Waals surface area contributed by atoms with Crippen molar-refractivity contribution >= 4 is 40.1 Å². The number of hydrogen-bond acceptors (Lipinski definition) is 4. The van der Waals surface area contributed by atoms with Gasteiger partial charge in [0, 0.05) is 16.6 Å². The molecule has 0 radical (unpaired) electrons. The van der Waals surface area contributed by atoms with Crippen molar-refractivity contribution in [2.75, 3.05) is 13.2 Å². The second-order valence-electron chi connectivity index (χ2n) is 6.45. The van der Waals surface area contributed by atoms with Gasteiger partial charge in [-0.25, -0.2) is 0 Å². The molecule has 2 aromatic carbocycles. The predicted octanol–water partition coefficient (Wildman–Crippen LogP) is 3.95. The highest BCUT2D eigenvalue weighted by molar-refractivity contribution is 6.32. The molecule has 1 aliphatic heterocycles. The lowest BCUT2D eigenvalue weighted by Gasteiger charge is -2.24. The Hall–Kier alpha value is -2.34. The number of nitrogens with zero attached hydrogens (tertiary/aromatic N) is 1. The molecule has 4 rings (SSSR count). The van der Waals surface area contributed by atoms with Crippen molar-refractivity contribution < 1.29 is 14.3 Å². The molecule has 5 nitrogen and oxygen atoms in total. The number of β-amino-alcohol motifs (C(OH)–C–C–N with tert-alkyl or cyclic N) is 1. The van der Waals surface area contributed by atoms with E-state index >= 15 is 0 Å². The third-order valence-corrected chi connectivity index (χ3v) is 5.39. The highest BCUT2D eigenvalue weighted by atomic mass is 35.5. The van der Waals surface area contributed by atoms with E-state index in [-0.39, 0.29) is 29.9 Å². The van der Waals surface area contributed by atoms with Crippen molar-refractivity contribution in [3.8, 4) is 0 Å². The number of aryl methyl sites for hydroxylation is 1. The van der Waals surface area contributed by atoms with Crippen LogP contribution in [0.3, 0.4) is 0 Å². The van der Waals surface area contributed by atoms with Crippen LogP contribution in [0.25, 0.3) is 11.0 Å². The largest absolute Gasteiger partial charge is 0.450 e. The van der Waals surface area contributed by atoms with Gasteiger partial charge in [-0.15, -0.1) is 0 Å². The van der Waals surface area contributed by atoms with Gasteiger partial charge in [0.05, 0.1) is 23.6 Å². The fourth-order valence-electron chi connectivity index (χ4n) is 3.50. The Labute approximate surface area is 164 Å². The van der Waals surface area contributed by atoms with Crippen LogP contribution in [0.1, 0.15) is 33.3 Å². The van der Waals surface area contributed by atoms with E-state index in [0.29, 0.717) is 26.6 Å². The zero-order valence-electron chi connectivity index (χ0n) is 14.3. The average Bonchev–Trinajstić information content (AvgIpc) is 2.90. The Kier molecular flexibility index (Phi) is 4.46. The van der Waals surface area contributed by atoms with Gasteiger partial charge < -0.3 is 14.4 Å². The summed E-state index contributed by atoms with van der Waals surface area (Å²) in [5.74, 6) is -0.441. The van der Waals surface area contributed by atoms with Gasteiger partial charge in [0.15, 0.2) is 5.43 Å². The lowest BCUT2D eigenvalue weighted by Crippen LogP contribution is -2.32. The molecule has 0 saturated heterocycles. The van der Waals surface area contributed by atoms with Gasteiger partial charge in [-0.2, -0.15) is 0 Å². The van der Waals surface area contributed by atoms with Gasteiger partial charge in [-0.05, 0) is 42.3 Å². The van der Waals surface area contributed by atoms with Gasteiger partial charge >= 0.3 is 0 Å². The molecule has 0 fully saturated rings. The number of amides is 1. The molecular formula is C20H15Cl2NO4. The fraction of sp³-hybridized carbons (Fsp3) is 0.200. The van der Waals surface area contributed by atoms with Crippen LogP contribution in [-0.4, -0.2) is 29.1 Å². The monoisotopic (exact) mass is 403 g/mol. The van der Waals surface area contributed by atoms with Crippen molar-refractivity contribution in [1.29, 1.82) is 0 Å². The molecule has 1 aliphatic rings. The topological polar surface area (TPSA) is 70.8 Å². The summed E-state index contributed by atoms with van der Waals surface area (Å²) in [4.78, 5) is 27.6. The first-order valence-electron chi connectivity index (χ1n) is 8.36. The SMILES string of the molecule is Cc1cc2oc3c(c(=O)c2cc1Cl)[C@@H](c1cccc(Cl)c1)N(CCO)C3=O. The Morgan fingerprint density at radius 3 is 2.67 bits per heavy atom. The molecule has 0 unspecified atom stereocenters. The molecule has 0 bridgehead atoms. The van der Waals surface area contributed by atoms with E-state index in [2.05, 4.69) is 0 Å². The van der Waals surface area contributed by atoms with E-state index in [1.54, 1.807) is 43.3 Å². The maximum atomic E-state index is 13.3. The molecule has 1 atom stereocenters. The summed E-state index contributed by atoms with van der Waals surface area (Å²) in [5, 5.41) is 10.7. The van der Waals surface area contributed by atoms with Crippen molar-refractivity contribution in [3.63, 3.8) is 0 Å². The number of aliphatic hydroxyl groups excluding tert-OH is 1. The maximum absolute atomic E-state index is 13.3. The van der Waals surface area contributed by atoms with Gasteiger partial charge in [0.25, 0.3) is 5.91 Å². The summed E-state index contributed by atoms with van der Waals surface area (Å²) in [7, 11) is 0. The number of hydrogen-bond donors (Lipinski definition) is 1. The molecule has 7 heteroatoms. The van der Waals surface area contributed by atoms with Crippen molar-refractivity contribution in [3.05, 3.63) is 79.1 Å². The summed E-state index contributed by atoms with van der Waals surface area (Å²) in [6.07, 6.45) is 0. The number of carbonyl (C=O) groups excluding carboxylic acids is 1. The molecule has 138 valence electrons. The van der Waals surface area contributed by atoms with E-state index in [1.165, 1.54) is 4.90 Å². The van der Waals surface area contributed by atoms with E-state index in [1.807, 2.05) is 0 Å². The molecule has 27 heavy (non-hydrogen) atoms. The molecule has 0 saturated carbocycles. The Morgan fingerprint density at radius 2 is 1.96 bits per heavy atom. The molecule has 1 aromatic heterocycles. The Balaban J connectivity index is 2.04. The Bertz CT molecular complexity index is 1140. The maximum Gasteiger partial charge on any atom is 0.290 e. The minimum atomic E-state index is -0.681. The smallest absolute Gasteiger partial charge is 0.290 e. The summed E-state index contributed by atoms with van der Waals surface area (Å²) in [6.45, 7) is 1.62. The van der Waals surface area contributed by atoms with Gasteiger partial charge in [-0.3, -0.25) is 9.59 Å². The second-order valence-corrected chi connectivity index (χ2v) is 7.29. The zero-order chi connectivity index (χ0) is 19.3. The van der Waals surface area contributed by atoms with Crippen LogP contribution in [0.5, 0.6) is 0 Å². The van der Waals surface area contributed by atoms with E-state index < -0.39 is 11.9 Å². The van der Waals surface area contributed by atoms with Crippen LogP contribution >= 0.6 is 23.2 Å². The molecule has 1 N–H and O–H groups in total. The lowest BCUT2D eigenvalue weighted by molar-refractivity contribution is 0.0691. The fourth-order valence-corrected chi connectivity index (χ4v) is 3.86. The minimum absolute atomic E-state index is 0.00681. The van der Waals surface area contributed by atoms with Gasteiger partial charge in [-0.1, -0.05) is 35.3 Å². The lowest BCUT2D eigenvalue weighted by atomic mass is 9.98. The summed E-state index contributed by atoms with van der Waals surface area (Å²) >= 11 is 12.3. The van der Waals surface area contributed by atoms with Crippen LogP contribution in [0.4, 0.5) is 0 Å². The minimum Gasteiger partial charge on any atom is -0.450 e. The highest BCUT2D eigenvalue weighted by Gasteiger charge is 2.42. The van der Waals surface area contributed by atoms with Crippen molar-refractivity contribution in [1.82, 2.24) is 4.90 Å². The van der Waals surface area contributed by atoms with Crippen LogP contribution < -0.4 is 5.43 Å². The first-order chi connectivity index (χ1) is 12.9. The highest BCUT2D eigenvalue weighted by Crippen LogP contribution is 2.39. The zero-order valence-corrected chi connectivity index (χ0v) is 15.8. The molecule has 3 aromatic rings. The number of halogens is 2. The van der Waals surface area contributed by atoms with Crippen molar-refractivity contribution in [2.24, 2.45) is 0 Å². The number of aliphatic hydroxyl groups is 1. The van der Waals surface area contributed by atoms with E-state index in [0.717, 1.165) is 5.56 Å². The first-order valence-corrected chi connectivity index (χ1v) is 9.12. The normalized spacial score (nSPS) is 16.2. The number of fused-ring (bicyclic) bond motifs is 2. The predicted molar refractivity (Wildman–Crippen MR) is 104 cm³/mol. The van der Waals surface area contributed by atoms with E-state index in [9.17, 15) is 14.7 Å². The number of benzene rings is 2. The number of rotatable bonds is 3. The quantitative estimate of drug-likeness (QED) is 0.718. The first kappa shape index (κ1) is 18.0. The van der Waals surface area contributed by atoms with Gasteiger partial charge in [0.2, 0.25) is 5.76 Å². The molecule has 1 amide bonds. The second kappa shape index (κ2) is 6.68. The standard InChI is InChI=1S/C20H15Cl2NO4/c1-10-7-15-13(9-14(10)22)18(25)16-17(11-3-2-4-12(21)8-11)23(5-6-24)20(26)19(16)27-15/h2-4,7-9,17,24H,5-6H2,1H3/t17-/m1/s1.